The summed E-state index contributed by atoms with van der Waals surface area (Å²) in [6, 6.07) is 5.82. The summed E-state index contributed by atoms with van der Waals surface area (Å²) < 4.78 is 11.3. The molecule has 4 heteroatoms. The molecule has 3 rings (SSSR count). The monoisotopic (exact) mass is 275 g/mol. The fraction of sp³-hybridized carbons (Fsp3) is 0.562. The molecule has 20 heavy (non-hydrogen) atoms. The van der Waals surface area contributed by atoms with Gasteiger partial charge in [-0.2, -0.15) is 0 Å². The van der Waals surface area contributed by atoms with Gasteiger partial charge in [0.1, 0.15) is 17.1 Å². The lowest BCUT2D eigenvalue weighted by Gasteiger charge is -2.38. The molecule has 2 aliphatic rings. The molecule has 1 aromatic rings. The molecule has 1 aliphatic carbocycles. The maximum Gasteiger partial charge on any atom is 0.223 e. The highest BCUT2D eigenvalue weighted by Crippen LogP contribution is 2.42. The van der Waals surface area contributed by atoms with Gasteiger partial charge in [-0.15, -0.1) is 0 Å². The van der Waals surface area contributed by atoms with E-state index in [0.29, 0.717) is 0 Å². The number of methoxy groups -OCH3 is 1. The van der Waals surface area contributed by atoms with Crippen LogP contribution < -0.4 is 14.8 Å². The van der Waals surface area contributed by atoms with Gasteiger partial charge in [0.05, 0.1) is 13.2 Å². The third-order valence-corrected chi connectivity index (χ3v) is 3.94. The molecule has 0 radical (unpaired) electrons. The Labute approximate surface area is 119 Å². The van der Waals surface area contributed by atoms with Gasteiger partial charge in [-0.3, -0.25) is 4.79 Å². The molecule has 1 N–H and O–H groups in total. The summed E-state index contributed by atoms with van der Waals surface area (Å²) in [5.74, 6) is 1.98. The van der Waals surface area contributed by atoms with Gasteiger partial charge >= 0.3 is 0 Å². The average Bonchev–Trinajstić information content (AvgIpc) is 3.20. The number of nitrogens with one attached hydrogen (secondary N) is 1. The minimum absolute atomic E-state index is 0.0211. The Hall–Kier alpha value is -1.71. The molecule has 0 saturated heterocycles. The summed E-state index contributed by atoms with van der Waals surface area (Å²) >= 11 is 0. The van der Waals surface area contributed by atoms with Gasteiger partial charge < -0.3 is 14.8 Å². The quantitative estimate of drug-likeness (QED) is 0.922. The van der Waals surface area contributed by atoms with Crippen molar-refractivity contribution in [3.05, 3.63) is 23.8 Å². The van der Waals surface area contributed by atoms with E-state index in [1.54, 1.807) is 7.11 Å². The van der Waals surface area contributed by atoms with Gasteiger partial charge in [0.25, 0.3) is 0 Å². The fourth-order valence-corrected chi connectivity index (χ4v) is 2.72. The second kappa shape index (κ2) is 4.69. The zero-order valence-electron chi connectivity index (χ0n) is 12.2. The summed E-state index contributed by atoms with van der Waals surface area (Å²) in [6.07, 6.45) is 2.83. The second-order valence-electron chi connectivity index (χ2n) is 6.31. The molecule has 4 nitrogen and oxygen atoms in total. The Morgan fingerprint density at radius 1 is 1.40 bits per heavy atom. The van der Waals surface area contributed by atoms with E-state index in [0.717, 1.165) is 36.3 Å². The number of fused-ring (bicyclic) bond motifs is 1. The number of carbonyl (C=O) groups is 1. The van der Waals surface area contributed by atoms with Crippen LogP contribution in [0.5, 0.6) is 11.5 Å². The van der Waals surface area contributed by atoms with Gasteiger partial charge in [0, 0.05) is 24.0 Å². The number of hydrogen-bond donors (Lipinski definition) is 1. The van der Waals surface area contributed by atoms with Gasteiger partial charge in [-0.1, -0.05) is 0 Å². The molecule has 0 spiro atoms. The molecule has 0 unspecified atom stereocenters. The molecule has 0 bridgehead atoms. The standard InChI is InChI=1S/C16H21NO3/c1-16(2)9-13(17-15(18)10-4-5-10)12-7-6-11(19-3)8-14(12)20-16/h6-8,10,13H,4-5,9H2,1-3H3,(H,17,18)/t13-/m0/s1. The second-order valence-corrected chi connectivity index (χ2v) is 6.31. The number of carbonyl (C=O) groups excluding carboxylic acids is 1. The van der Waals surface area contributed by atoms with E-state index in [2.05, 4.69) is 5.32 Å². The van der Waals surface area contributed by atoms with Crippen molar-refractivity contribution < 1.29 is 14.3 Å². The zero-order chi connectivity index (χ0) is 14.3. The van der Waals surface area contributed by atoms with Crippen molar-refractivity contribution in [2.45, 2.75) is 44.8 Å². The van der Waals surface area contributed by atoms with Crippen LogP contribution in [-0.2, 0) is 4.79 Å². The largest absolute Gasteiger partial charge is 0.497 e. The lowest BCUT2D eigenvalue weighted by atomic mass is 9.89. The Kier molecular flexibility index (Phi) is 3.11. The molecule has 0 aromatic heterocycles. The van der Waals surface area contributed by atoms with Crippen molar-refractivity contribution in [3.63, 3.8) is 0 Å². The lowest BCUT2D eigenvalue weighted by molar-refractivity contribution is -0.123. The first-order valence-corrected chi connectivity index (χ1v) is 7.16. The van der Waals surface area contributed by atoms with E-state index in [4.69, 9.17) is 9.47 Å². The highest BCUT2D eigenvalue weighted by Gasteiger charge is 2.37. The van der Waals surface area contributed by atoms with Crippen molar-refractivity contribution in [2.24, 2.45) is 5.92 Å². The van der Waals surface area contributed by atoms with Crippen molar-refractivity contribution in [2.75, 3.05) is 7.11 Å². The van der Waals surface area contributed by atoms with E-state index >= 15 is 0 Å². The number of ether oxygens (including phenoxy) is 2. The SMILES string of the molecule is COc1ccc2c(c1)OC(C)(C)C[C@@H]2NC(=O)C1CC1. The predicted molar refractivity (Wildman–Crippen MR) is 75.9 cm³/mol. The smallest absolute Gasteiger partial charge is 0.223 e. The molecule has 1 aliphatic heterocycles. The van der Waals surface area contributed by atoms with Crippen LogP contribution >= 0.6 is 0 Å². The molecule has 1 amide bonds. The van der Waals surface area contributed by atoms with Crippen LogP contribution in [0.15, 0.2) is 18.2 Å². The Bertz CT molecular complexity index is 535. The van der Waals surface area contributed by atoms with Gasteiger partial charge in [-0.25, -0.2) is 0 Å². The molecular formula is C16H21NO3. The first-order chi connectivity index (χ1) is 9.48. The number of hydrogen-bond acceptors (Lipinski definition) is 3. The van der Waals surface area contributed by atoms with Crippen LogP contribution in [0.2, 0.25) is 0 Å². The molecule has 1 aromatic carbocycles. The normalized spacial score (nSPS) is 23.4. The molecule has 1 atom stereocenters. The van der Waals surface area contributed by atoms with Crippen LogP contribution in [0, 0.1) is 5.92 Å². The maximum atomic E-state index is 12.0. The summed E-state index contributed by atoms with van der Waals surface area (Å²) in [7, 11) is 1.64. The third-order valence-electron chi connectivity index (χ3n) is 3.94. The predicted octanol–water partition coefficient (Wildman–Crippen LogP) is 2.82. The minimum Gasteiger partial charge on any atom is -0.497 e. The minimum atomic E-state index is -0.291. The zero-order valence-corrected chi connectivity index (χ0v) is 12.2. The van der Waals surface area contributed by atoms with E-state index in [1.165, 1.54) is 0 Å². The maximum absolute atomic E-state index is 12.0. The molecule has 1 fully saturated rings. The van der Waals surface area contributed by atoms with Crippen LogP contribution in [0.3, 0.4) is 0 Å². The highest BCUT2D eigenvalue weighted by molar-refractivity contribution is 5.81. The molecular weight excluding hydrogens is 254 g/mol. The number of benzene rings is 1. The molecule has 1 heterocycles. The summed E-state index contributed by atoms with van der Waals surface area (Å²) in [5.41, 5.74) is 0.750. The Morgan fingerprint density at radius 2 is 2.15 bits per heavy atom. The Morgan fingerprint density at radius 3 is 2.80 bits per heavy atom. The lowest BCUT2D eigenvalue weighted by Crippen LogP contribution is -2.41. The first-order valence-electron chi connectivity index (χ1n) is 7.16. The molecule has 1 saturated carbocycles. The first kappa shape index (κ1) is 13.3. The fourth-order valence-electron chi connectivity index (χ4n) is 2.72. The van der Waals surface area contributed by atoms with E-state index in [9.17, 15) is 4.79 Å². The number of rotatable bonds is 3. The van der Waals surface area contributed by atoms with Crippen LogP contribution in [0.4, 0.5) is 0 Å². The summed E-state index contributed by atoms with van der Waals surface area (Å²) in [6.45, 7) is 4.09. The molecule has 108 valence electrons. The Balaban J connectivity index is 1.88. The topological polar surface area (TPSA) is 47.6 Å². The van der Waals surface area contributed by atoms with Crippen molar-refractivity contribution >= 4 is 5.91 Å². The van der Waals surface area contributed by atoms with Crippen molar-refractivity contribution in [3.8, 4) is 11.5 Å². The van der Waals surface area contributed by atoms with Crippen LogP contribution in [0.1, 0.15) is 44.7 Å². The van der Waals surface area contributed by atoms with Gasteiger partial charge in [0.15, 0.2) is 0 Å². The van der Waals surface area contributed by atoms with E-state index in [-0.39, 0.29) is 23.5 Å². The number of amides is 1. The third kappa shape index (κ3) is 2.60. The van der Waals surface area contributed by atoms with Crippen molar-refractivity contribution in [1.82, 2.24) is 5.32 Å². The van der Waals surface area contributed by atoms with Gasteiger partial charge in [0.2, 0.25) is 5.91 Å². The summed E-state index contributed by atoms with van der Waals surface area (Å²) in [4.78, 5) is 12.0. The average molecular weight is 275 g/mol. The highest BCUT2D eigenvalue weighted by atomic mass is 16.5. The van der Waals surface area contributed by atoms with Crippen LogP contribution in [0.25, 0.3) is 0 Å². The van der Waals surface area contributed by atoms with E-state index in [1.807, 2.05) is 32.0 Å². The van der Waals surface area contributed by atoms with Crippen LogP contribution in [-0.4, -0.2) is 18.6 Å². The van der Waals surface area contributed by atoms with Crippen molar-refractivity contribution in [1.29, 1.82) is 0 Å². The summed E-state index contributed by atoms with van der Waals surface area (Å²) in [5, 5.41) is 3.17. The van der Waals surface area contributed by atoms with Gasteiger partial charge in [-0.05, 0) is 38.8 Å². The van der Waals surface area contributed by atoms with E-state index < -0.39 is 0 Å².